The van der Waals surface area contributed by atoms with Crippen LogP contribution in [0.2, 0.25) is 0 Å². The fourth-order valence-electron chi connectivity index (χ4n) is 10.0. The number of likely N-dealkylation sites (tertiary alicyclic amines) is 1. The van der Waals surface area contributed by atoms with Crippen LogP contribution in [-0.2, 0) is 67.2 Å². The van der Waals surface area contributed by atoms with Crippen LogP contribution in [0.15, 0.2) is 72.2 Å². The predicted molar refractivity (Wildman–Crippen MR) is 311 cm³/mol. The van der Waals surface area contributed by atoms with Crippen LogP contribution >= 0.6 is 0 Å². The van der Waals surface area contributed by atoms with Crippen molar-refractivity contribution in [2.24, 2.45) is 22.4 Å². The number of aliphatic hydroxyl groups excluding tert-OH is 1. The van der Waals surface area contributed by atoms with Gasteiger partial charge in [-0.25, -0.2) is 4.98 Å². The van der Waals surface area contributed by atoms with Crippen LogP contribution in [0.4, 0.5) is 0 Å². The maximum absolute atomic E-state index is 14.4. The van der Waals surface area contributed by atoms with Gasteiger partial charge in [0.1, 0.15) is 54.1 Å². The molecule has 2 aromatic heterocycles. The van der Waals surface area contributed by atoms with Crippen LogP contribution in [0.3, 0.4) is 0 Å². The van der Waals surface area contributed by atoms with E-state index in [1.54, 1.807) is 24.4 Å². The first kappa shape index (κ1) is 65.1. The van der Waals surface area contributed by atoms with Gasteiger partial charge in [-0.1, -0.05) is 51.1 Å². The van der Waals surface area contributed by atoms with Crippen LogP contribution in [0.1, 0.15) is 95.4 Å². The number of benzene rings is 2. The minimum Gasteiger partial charge on any atom is -0.508 e. The van der Waals surface area contributed by atoms with Crippen LogP contribution in [0, 0.1) is 5.92 Å². The Morgan fingerprint density at radius 3 is 2.08 bits per heavy atom. The van der Waals surface area contributed by atoms with Crippen molar-refractivity contribution in [1.82, 2.24) is 67.7 Å². The van der Waals surface area contributed by atoms with E-state index in [-0.39, 0.29) is 93.9 Å². The largest absolute Gasteiger partial charge is 0.508 e. The molecule has 0 bridgehead atoms. The number of aliphatic imine (C=N–C) groups is 1. The van der Waals surface area contributed by atoms with Gasteiger partial charge < -0.3 is 84.4 Å². The van der Waals surface area contributed by atoms with Crippen molar-refractivity contribution >= 4 is 75.9 Å². The molecule has 2 aromatic carbocycles. The van der Waals surface area contributed by atoms with E-state index in [0.29, 0.717) is 55.6 Å². The minimum atomic E-state index is -1.71. The number of para-hydroxylation sites is 1. The molecular weight excluding hydrogens is 1100 g/mol. The van der Waals surface area contributed by atoms with E-state index in [1.165, 1.54) is 41.7 Å². The molecule has 8 atom stereocenters. The zero-order chi connectivity index (χ0) is 61.6. The number of aromatic nitrogens is 3. The van der Waals surface area contributed by atoms with Crippen LogP contribution in [-0.4, -0.2) is 176 Å². The average Bonchev–Trinajstić information content (AvgIpc) is 3.90. The molecule has 17 N–H and O–H groups in total. The molecule has 2 saturated heterocycles. The standard InChI is InChI=1S/C57H80N16O12/c1-4-20-61-55(84)46-12-8-23-73(46)56(85)40(11-7-21-63-57(58)59)68-51(80)41(24-32(2)3)67-48(77)19-22-62-49(78)42(25-33-13-15-36(75)16-14-33)69-54(83)45(30-74)72-52(81)43(26-34-28-64-38-10-6-5-9-37(34)38)70-53(82)44(27-35-29-60-31-65-35)71-50(79)39-17-18-47(76)66-39/h5-6,9-10,13-16,28-29,31-32,39-46,64,74-75H,4,7-8,11-12,17-27,30H2,1-3H3,(H,60,65)(H,61,84)(H,62,78)(H,66,76)(H,67,77)(H,68,80)(H,69,83)(H,70,82)(H,71,79)(H,72,81)(H4,58,59,63)/t39-,40-,41-,42-,43-,44-,45-,46-/m0/s1. The van der Waals surface area contributed by atoms with Gasteiger partial charge in [-0.15, -0.1) is 0 Å². The van der Waals surface area contributed by atoms with Gasteiger partial charge in [-0.3, -0.25) is 52.9 Å². The first-order chi connectivity index (χ1) is 40.7. The highest BCUT2D eigenvalue weighted by atomic mass is 16.3. The van der Waals surface area contributed by atoms with Crippen molar-refractivity contribution in [3.63, 3.8) is 0 Å². The van der Waals surface area contributed by atoms with Gasteiger partial charge in [0.2, 0.25) is 59.1 Å². The summed E-state index contributed by atoms with van der Waals surface area (Å²) in [4.78, 5) is 153. The molecule has 460 valence electrons. The normalized spacial score (nSPS) is 16.8. The molecule has 10 amide bonds. The number of aromatic hydroxyl groups is 1. The van der Waals surface area contributed by atoms with E-state index in [4.69, 9.17) is 11.5 Å². The molecule has 0 unspecified atom stereocenters. The van der Waals surface area contributed by atoms with Gasteiger partial charge in [0, 0.05) is 87.3 Å². The highest BCUT2D eigenvalue weighted by molar-refractivity contribution is 5.98. The summed E-state index contributed by atoms with van der Waals surface area (Å²) < 4.78 is 0. The second kappa shape index (κ2) is 32.1. The summed E-state index contributed by atoms with van der Waals surface area (Å²) in [7, 11) is 0. The Bertz CT molecular complexity index is 2980. The molecule has 0 radical (unpaired) electrons. The van der Waals surface area contributed by atoms with E-state index < -0.39 is 102 Å². The van der Waals surface area contributed by atoms with Crippen molar-refractivity contribution in [2.75, 3.05) is 32.8 Å². The number of nitrogens with two attached hydrogens (primary N) is 2. The molecule has 28 nitrogen and oxygen atoms in total. The lowest BCUT2D eigenvalue weighted by molar-refractivity contribution is -0.142. The number of hydrogen-bond donors (Lipinski definition) is 15. The zero-order valence-corrected chi connectivity index (χ0v) is 48.0. The molecule has 2 aliphatic heterocycles. The van der Waals surface area contributed by atoms with Gasteiger partial charge >= 0.3 is 0 Å². The van der Waals surface area contributed by atoms with E-state index in [2.05, 4.69) is 67.8 Å². The van der Waals surface area contributed by atoms with Gasteiger partial charge in [0.25, 0.3) is 0 Å². The molecule has 6 rings (SSSR count). The van der Waals surface area contributed by atoms with E-state index in [1.807, 2.05) is 26.8 Å². The van der Waals surface area contributed by atoms with Gasteiger partial charge in [0.05, 0.1) is 12.9 Å². The van der Waals surface area contributed by atoms with Crippen molar-refractivity contribution in [1.29, 1.82) is 0 Å². The number of fused-ring (bicyclic) bond motifs is 1. The number of phenolic OH excluding ortho intramolecular Hbond substituents is 1. The van der Waals surface area contributed by atoms with E-state index in [9.17, 15) is 58.2 Å². The number of hydrogen-bond acceptors (Lipinski definition) is 14. The molecule has 0 aliphatic carbocycles. The SMILES string of the molecule is CCCNC(=O)[C@@H]1CCCN1C(=O)[C@H](CCCN=C(N)N)NC(=O)[C@H](CC(C)C)NC(=O)CCNC(=O)[C@H](Cc1ccc(O)cc1)NC(=O)[C@H](CO)NC(=O)[C@H](Cc1c[nH]c2ccccc12)NC(=O)[C@H](Cc1cnc[nH]1)NC(=O)[C@@H]1CCC(=O)N1. The number of aromatic amines is 2. The molecule has 2 fully saturated rings. The molecular formula is C57H80N16O12. The summed E-state index contributed by atoms with van der Waals surface area (Å²) in [6.07, 6.45) is 6.38. The van der Waals surface area contributed by atoms with Crippen LogP contribution in [0.25, 0.3) is 10.9 Å². The Kier molecular flexibility index (Phi) is 24.6. The molecule has 2 aliphatic rings. The van der Waals surface area contributed by atoms with Crippen molar-refractivity contribution in [2.45, 2.75) is 146 Å². The molecule has 28 heteroatoms. The highest BCUT2D eigenvalue weighted by Crippen LogP contribution is 2.22. The van der Waals surface area contributed by atoms with E-state index >= 15 is 0 Å². The summed E-state index contributed by atoms with van der Waals surface area (Å²) in [5.74, 6) is -6.84. The molecule has 85 heavy (non-hydrogen) atoms. The molecule has 0 spiro atoms. The van der Waals surface area contributed by atoms with Gasteiger partial charge in [-0.2, -0.15) is 0 Å². The first-order valence-corrected chi connectivity index (χ1v) is 28.7. The predicted octanol–water partition coefficient (Wildman–Crippen LogP) is -2.07. The number of phenols is 1. The molecule has 4 heterocycles. The Morgan fingerprint density at radius 1 is 0.753 bits per heavy atom. The monoisotopic (exact) mass is 1180 g/mol. The third-order valence-electron chi connectivity index (χ3n) is 14.4. The Hall–Kier alpha value is -9.08. The van der Waals surface area contributed by atoms with E-state index in [0.717, 1.165) is 10.9 Å². The Balaban J connectivity index is 1.13. The number of H-pyrrole nitrogens is 2. The number of carbonyl (C=O) groups is 10. The number of nitrogens with one attached hydrogen (secondary N) is 11. The second-order valence-electron chi connectivity index (χ2n) is 21.6. The lowest BCUT2D eigenvalue weighted by Gasteiger charge is -2.30. The van der Waals surface area contributed by atoms with Crippen molar-refractivity contribution < 1.29 is 58.2 Å². The van der Waals surface area contributed by atoms with Crippen LogP contribution in [0.5, 0.6) is 5.75 Å². The number of amides is 10. The number of rotatable bonds is 32. The van der Waals surface area contributed by atoms with Crippen molar-refractivity contribution in [3.05, 3.63) is 84.1 Å². The fraction of sp³-hybridized carbons (Fsp3) is 0.509. The summed E-state index contributed by atoms with van der Waals surface area (Å²) in [6.45, 7) is 5.24. The number of aliphatic hydroxyl groups is 1. The number of carbonyl (C=O) groups excluding carboxylic acids is 10. The summed E-state index contributed by atoms with van der Waals surface area (Å²) in [5.41, 5.74) is 13.3. The summed E-state index contributed by atoms with van der Waals surface area (Å²) in [5, 5.41) is 45.4. The number of imidazole rings is 1. The van der Waals surface area contributed by atoms with Gasteiger partial charge in [-0.05, 0) is 80.2 Å². The second-order valence-corrected chi connectivity index (χ2v) is 21.6. The lowest BCUT2D eigenvalue weighted by Crippen LogP contribution is -2.60. The molecule has 4 aromatic rings. The first-order valence-electron chi connectivity index (χ1n) is 28.7. The lowest BCUT2D eigenvalue weighted by atomic mass is 10.0. The number of guanidine groups is 1. The van der Waals surface area contributed by atoms with Crippen LogP contribution < -0.4 is 59.3 Å². The Labute approximate surface area is 491 Å². The maximum Gasteiger partial charge on any atom is 0.245 e. The topological polar surface area (TPSA) is 432 Å². The summed E-state index contributed by atoms with van der Waals surface area (Å²) in [6, 6.07) is 3.31. The minimum absolute atomic E-state index is 0.0732. The Morgan fingerprint density at radius 2 is 1.42 bits per heavy atom. The molecule has 0 saturated carbocycles. The van der Waals surface area contributed by atoms with Crippen molar-refractivity contribution in [3.8, 4) is 5.75 Å². The number of nitrogens with zero attached hydrogens (tertiary/aromatic N) is 3. The third kappa shape index (κ3) is 19.8. The quantitative estimate of drug-likeness (QED) is 0.0142. The maximum atomic E-state index is 14.4. The smallest absolute Gasteiger partial charge is 0.245 e. The summed E-state index contributed by atoms with van der Waals surface area (Å²) >= 11 is 0. The van der Waals surface area contributed by atoms with Gasteiger partial charge in [0.15, 0.2) is 5.96 Å². The third-order valence-corrected chi connectivity index (χ3v) is 14.4. The fourth-order valence-corrected chi connectivity index (χ4v) is 10.0. The highest BCUT2D eigenvalue weighted by Gasteiger charge is 2.39. The average molecular weight is 1180 g/mol. The zero-order valence-electron chi connectivity index (χ0n) is 48.0.